The Morgan fingerprint density at radius 2 is 1.86 bits per heavy atom. The van der Waals surface area contributed by atoms with Crippen molar-refractivity contribution in [2.75, 3.05) is 5.32 Å². The fourth-order valence-corrected chi connectivity index (χ4v) is 3.94. The highest BCUT2D eigenvalue weighted by molar-refractivity contribution is 7.89. The number of amides is 1. The Balaban J connectivity index is 2.03. The van der Waals surface area contributed by atoms with Gasteiger partial charge >= 0.3 is 0 Å². The van der Waals surface area contributed by atoms with Crippen LogP contribution in [-0.4, -0.2) is 18.9 Å². The second-order valence-electron chi connectivity index (χ2n) is 7.33. The van der Waals surface area contributed by atoms with E-state index >= 15 is 0 Å². The molecule has 2 aromatic carbocycles. The van der Waals surface area contributed by atoms with Crippen molar-refractivity contribution in [3.05, 3.63) is 71.9 Å². The molecule has 0 aliphatic carbocycles. The average molecular weight is 412 g/mol. The van der Waals surface area contributed by atoms with Crippen LogP contribution < -0.4 is 10.5 Å². The maximum atomic E-state index is 13.1. The molecule has 0 aliphatic rings. The number of nitrogens with zero attached hydrogens (tertiary/aromatic N) is 1. The third kappa shape index (κ3) is 4.11. The van der Waals surface area contributed by atoms with Crippen LogP contribution in [-0.2, 0) is 16.6 Å². The van der Waals surface area contributed by atoms with Crippen LogP contribution >= 0.6 is 0 Å². The van der Waals surface area contributed by atoms with Crippen LogP contribution in [0.15, 0.2) is 60.0 Å². The fraction of sp³-hybridized carbons (Fsp3) is 0.227. The molecule has 0 unspecified atom stereocenters. The number of benzene rings is 2. The van der Waals surface area contributed by atoms with Crippen molar-refractivity contribution in [1.29, 1.82) is 0 Å². The molecule has 7 heteroatoms. The van der Waals surface area contributed by atoms with Gasteiger partial charge in [-0.3, -0.25) is 4.79 Å². The molecule has 0 spiro atoms. The Labute approximate surface area is 171 Å². The van der Waals surface area contributed by atoms with Gasteiger partial charge in [0.2, 0.25) is 10.0 Å². The molecular formula is C22H25N3O3S. The number of carbonyl (C=O) groups excluding carboxylic acids is 1. The van der Waals surface area contributed by atoms with Crippen LogP contribution in [0.4, 0.5) is 5.69 Å². The summed E-state index contributed by atoms with van der Waals surface area (Å²) in [5, 5.41) is 9.00. The van der Waals surface area contributed by atoms with Crippen molar-refractivity contribution >= 4 is 32.5 Å². The first-order chi connectivity index (χ1) is 13.6. The van der Waals surface area contributed by atoms with Crippen molar-refractivity contribution in [2.45, 2.75) is 38.1 Å². The maximum Gasteiger partial charge on any atom is 0.272 e. The number of fused-ring (bicyclic) bond motifs is 1. The number of nitrogens with two attached hydrogens (primary N) is 1. The number of hydrogen-bond donors (Lipinski definition) is 2. The predicted molar refractivity (Wildman–Crippen MR) is 117 cm³/mol. The van der Waals surface area contributed by atoms with Crippen molar-refractivity contribution in [3.8, 4) is 0 Å². The van der Waals surface area contributed by atoms with Gasteiger partial charge in [0.25, 0.3) is 5.91 Å². The Morgan fingerprint density at radius 1 is 1.21 bits per heavy atom. The van der Waals surface area contributed by atoms with Gasteiger partial charge in [-0.2, -0.15) is 0 Å². The largest absolute Gasteiger partial charge is 0.332 e. The van der Waals surface area contributed by atoms with Crippen LogP contribution in [0.25, 0.3) is 10.9 Å². The van der Waals surface area contributed by atoms with E-state index in [1.807, 2.05) is 17.6 Å². The van der Waals surface area contributed by atoms with E-state index < -0.39 is 10.0 Å². The predicted octanol–water partition coefficient (Wildman–Crippen LogP) is 4.16. The van der Waals surface area contributed by atoms with Gasteiger partial charge in [0.1, 0.15) is 5.69 Å². The van der Waals surface area contributed by atoms with E-state index in [0.717, 1.165) is 16.5 Å². The van der Waals surface area contributed by atoms with Crippen LogP contribution in [0, 0.1) is 6.92 Å². The first-order valence-electron chi connectivity index (χ1n) is 9.31. The smallest absolute Gasteiger partial charge is 0.272 e. The average Bonchev–Trinajstić information content (AvgIpc) is 2.93. The minimum absolute atomic E-state index is 0.00587. The van der Waals surface area contributed by atoms with E-state index in [9.17, 15) is 13.2 Å². The summed E-state index contributed by atoms with van der Waals surface area (Å²) in [6.45, 7) is 10.5. The lowest BCUT2D eigenvalue weighted by atomic mass is 10.0. The Bertz CT molecular complexity index is 1190. The van der Waals surface area contributed by atoms with Gasteiger partial charge in [-0.25, -0.2) is 13.6 Å². The third-order valence-corrected chi connectivity index (χ3v) is 5.90. The molecule has 0 bridgehead atoms. The van der Waals surface area contributed by atoms with Crippen LogP contribution in [0.5, 0.6) is 0 Å². The minimum atomic E-state index is -3.78. The molecule has 0 fully saturated rings. The van der Waals surface area contributed by atoms with E-state index in [2.05, 4.69) is 37.9 Å². The number of carbonyl (C=O) groups is 1. The summed E-state index contributed by atoms with van der Waals surface area (Å²) in [5.41, 5.74) is 4.11. The summed E-state index contributed by atoms with van der Waals surface area (Å²) in [6.07, 6.45) is 1.76. The molecule has 152 valence electrons. The number of primary sulfonamides is 1. The van der Waals surface area contributed by atoms with Crippen molar-refractivity contribution in [3.63, 3.8) is 0 Å². The first kappa shape index (κ1) is 20.8. The molecule has 1 amide bonds. The van der Waals surface area contributed by atoms with Gasteiger partial charge in [0.15, 0.2) is 0 Å². The fourth-order valence-electron chi connectivity index (χ4n) is 3.43. The number of anilines is 1. The second kappa shape index (κ2) is 7.85. The van der Waals surface area contributed by atoms with Crippen molar-refractivity contribution < 1.29 is 13.2 Å². The van der Waals surface area contributed by atoms with E-state index in [1.165, 1.54) is 29.8 Å². The summed E-state index contributed by atoms with van der Waals surface area (Å²) in [7, 11) is -3.78. The lowest BCUT2D eigenvalue weighted by molar-refractivity contribution is 0.101. The first-order valence-corrected chi connectivity index (χ1v) is 10.9. The van der Waals surface area contributed by atoms with Crippen LogP contribution in [0.1, 0.15) is 41.4 Å². The zero-order chi connectivity index (χ0) is 21.3. The number of nitrogens with one attached hydrogen (secondary N) is 1. The second-order valence-corrected chi connectivity index (χ2v) is 8.89. The Kier molecular flexibility index (Phi) is 5.64. The summed E-state index contributed by atoms with van der Waals surface area (Å²) < 4.78 is 24.7. The van der Waals surface area contributed by atoms with E-state index in [1.54, 1.807) is 6.08 Å². The highest BCUT2D eigenvalue weighted by atomic mass is 32.2. The Hall–Kier alpha value is -2.90. The van der Waals surface area contributed by atoms with Gasteiger partial charge in [-0.1, -0.05) is 26.0 Å². The van der Waals surface area contributed by atoms with Gasteiger partial charge in [0, 0.05) is 23.1 Å². The van der Waals surface area contributed by atoms with E-state index in [-0.39, 0.29) is 10.8 Å². The zero-order valence-electron chi connectivity index (χ0n) is 16.8. The highest BCUT2D eigenvalue weighted by Crippen LogP contribution is 2.30. The quantitative estimate of drug-likeness (QED) is 0.596. The molecule has 0 aliphatic heterocycles. The molecule has 29 heavy (non-hydrogen) atoms. The molecule has 0 radical (unpaired) electrons. The molecule has 0 saturated heterocycles. The number of aryl methyl sites for hydroxylation is 1. The van der Waals surface area contributed by atoms with Gasteiger partial charge in [0.05, 0.1) is 4.90 Å². The minimum Gasteiger partial charge on any atom is -0.332 e. The highest BCUT2D eigenvalue weighted by Gasteiger charge is 2.20. The van der Waals surface area contributed by atoms with Crippen molar-refractivity contribution in [2.24, 2.45) is 5.14 Å². The summed E-state index contributed by atoms with van der Waals surface area (Å²) in [6, 6.07) is 12.0. The van der Waals surface area contributed by atoms with Crippen LogP contribution in [0.2, 0.25) is 0 Å². The lowest BCUT2D eigenvalue weighted by Gasteiger charge is -2.11. The molecule has 1 heterocycles. The SMILES string of the molecule is C=CCn1c(C(=O)Nc2ccc(S(N)(=O)=O)cc2)c(C)c2cc(C(C)C)ccc21. The normalized spacial score (nSPS) is 11.8. The van der Waals surface area contributed by atoms with Gasteiger partial charge in [-0.15, -0.1) is 6.58 Å². The van der Waals surface area contributed by atoms with Crippen LogP contribution in [0.3, 0.4) is 0 Å². The monoisotopic (exact) mass is 411 g/mol. The summed E-state index contributed by atoms with van der Waals surface area (Å²) in [4.78, 5) is 13.1. The van der Waals surface area contributed by atoms with Gasteiger partial charge in [-0.05, 0) is 60.4 Å². The number of sulfonamides is 1. The van der Waals surface area contributed by atoms with Gasteiger partial charge < -0.3 is 9.88 Å². The number of hydrogen-bond acceptors (Lipinski definition) is 3. The molecular weight excluding hydrogens is 386 g/mol. The molecule has 3 aromatic rings. The molecule has 0 atom stereocenters. The Morgan fingerprint density at radius 3 is 2.41 bits per heavy atom. The topological polar surface area (TPSA) is 94.2 Å². The number of rotatable bonds is 6. The lowest BCUT2D eigenvalue weighted by Crippen LogP contribution is -2.18. The number of allylic oxidation sites excluding steroid dienone is 1. The molecule has 6 nitrogen and oxygen atoms in total. The third-order valence-electron chi connectivity index (χ3n) is 4.97. The van der Waals surface area contributed by atoms with Crippen molar-refractivity contribution in [1.82, 2.24) is 4.57 Å². The molecule has 1 aromatic heterocycles. The summed E-state index contributed by atoms with van der Waals surface area (Å²) >= 11 is 0. The molecule has 0 saturated carbocycles. The zero-order valence-corrected chi connectivity index (χ0v) is 17.6. The number of aromatic nitrogens is 1. The molecule has 3 N–H and O–H groups in total. The van der Waals surface area contributed by atoms with E-state index in [0.29, 0.717) is 23.8 Å². The summed E-state index contributed by atoms with van der Waals surface area (Å²) in [5.74, 6) is 0.117. The standard InChI is InChI=1S/C22H25N3O3S/c1-5-12-25-20-11-6-16(14(2)3)13-19(20)15(4)21(25)22(26)24-17-7-9-18(10-8-17)29(23,27)28/h5-11,13-14H,1,12H2,2-4H3,(H,24,26)(H2,23,27,28). The van der Waals surface area contributed by atoms with E-state index in [4.69, 9.17) is 5.14 Å². The molecule has 3 rings (SSSR count). The maximum absolute atomic E-state index is 13.1.